The SMILES string of the molecule is C=C(C)C(O)Cc1c2c(c(O)c3c(=O)c(-c4ccc(O)cc4O)coc13)C=CC(C)(C)O2. The second kappa shape index (κ2) is 7.46. The summed E-state index contributed by atoms with van der Waals surface area (Å²) in [6.45, 7) is 9.16. The second-order valence-corrected chi connectivity index (χ2v) is 8.56. The Morgan fingerprint density at radius 3 is 2.56 bits per heavy atom. The van der Waals surface area contributed by atoms with Gasteiger partial charge in [0.25, 0.3) is 0 Å². The van der Waals surface area contributed by atoms with E-state index in [-0.39, 0.29) is 45.8 Å². The first-order valence-electron chi connectivity index (χ1n) is 10.1. The molecule has 2 aromatic carbocycles. The van der Waals surface area contributed by atoms with Gasteiger partial charge in [-0.3, -0.25) is 4.79 Å². The first kappa shape index (κ1) is 21.5. The number of aromatic hydroxyl groups is 3. The molecule has 32 heavy (non-hydrogen) atoms. The normalized spacial score (nSPS) is 15.2. The van der Waals surface area contributed by atoms with E-state index in [0.29, 0.717) is 22.4 Å². The van der Waals surface area contributed by atoms with Crippen LogP contribution in [0.3, 0.4) is 0 Å². The van der Waals surface area contributed by atoms with Crippen LogP contribution in [0.5, 0.6) is 23.0 Å². The van der Waals surface area contributed by atoms with Crippen LogP contribution in [-0.2, 0) is 6.42 Å². The lowest BCUT2D eigenvalue weighted by molar-refractivity contribution is 0.153. The third-order valence-corrected chi connectivity index (χ3v) is 5.53. The van der Waals surface area contributed by atoms with E-state index in [1.165, 1.54) is 18.4 Å². The Hall–Kier alpha value is -3.71. The van der Waals surface area contributed by atoms with E-state index in [1.54, 1.807) is 19.1 Å². The van der Waals surface area contributed by atoms with Gasteiger partial charge in [-0.1, -0.05) is 12.2 Å². The van der Waals surface area contributed by atoms with Gasteiger partial charge in [0.1, 0.15) is 45.8 Å². The highest BCUT2D eigenvalue weighted by Gasteiger charge is 2.31. The lowest BCUT2D eigenvalue weighted by Gasteiger charge is -2.30. The fourth-order valence-corrected chi connectivity index (χ4v) is 3.75. The molecule has 1 aromatic heterocycles. The summed E-state index contributed by atoms with van der Waals surface area (Å²) in [5, 5.41) is 41.2. The Balaban J connectivity index is 2.06. The third-order valence-electron chi connectivity index (χ3n) is 5.53. The summed E-state index contributed by atoms with van der Waals surface area (Å²) in [4.78, 5) is 13.4. The molecule has 4 rings (SSSR count). The molecular weight excluding hydrogens is 412 g/mol. The van der Waals surface area contributed by atoms with Crippen LogP contribution < -0.4 is 10.2 Å². The van der Waals surface area contributed by atoms with Gasteiger partial charge in [-0.2, -0.15) is 0 Å². The number of hydrogen-bond acceptors (Lipinski definition) is 7. The number of phenols is 3. The number of fused-ring (bicyclic) bond motifs is 2. The molecule has 0 spiro atoms. The van der Waals surface area contributed by atoms with E-state index in [0.717, 1.165) is 6.07 Å². The molecule has 4 N–H and O–H groups in total. The van der Waals surface area contributed by atoms with Gasteiger partial charge in [-0.15, -0.1) is 0 Å². The minimum Gasteiger partial charge on any atom is -0.508 e. The molecule has 7 heteroatoms. The largest absolute Gasteiger partial charge is 0.508 e. The van der Waals surface area contributed by atoms with Crippen molar-refractivity contribution in [2.75, 3.05) is 0 Å². The minimum atomic E-state index is -0.921. The fourth-order valence-electron chi connectivity index (χ4n) is 3.75. The summed E-state index contributed by atoms with van der Waals surface area (Å²) in [6.07, 6.45) is 3.76. The Morgan fingerprint density at radius 2 is 1.91 bits per heavy atom. The molecule has 0 fully saturated rings. The number of aliphatic hydroxyl groups is 1. The molecule has 7 nitrogen and oxygen atoms in total. The maximum Gasteiger partial charge on any atom is 0.204 e. The van der Waals surface area contributed by atoms with E-state index in [9.17, 15) is 25.2 Å². The monoisotopic (exact) mass is 436 g/mol. The summed E-state index contributed by atoms with van der Waals surface area (Å²) in [6, 6.07) is 3.83. The quantitative estimate of drug-likeness (QED) is 0.452. The molecule has 0 bridgehead atoms. The summed E-state index contributed by atoms with van der Waals surface area (Å²) in [5.74, 6) is -0.457. The van der Waals surface area contributed by atoms with Crippen molar-refractivity contribution in [3.63, 3.8) is 0 Å². The molecule has 0 amide bonds. The molecule has 0 saturated carbocycles. The zero-order valence-corrected chi connectivity index (χ0v) is 18.0. The van der Waals surface area contributed by atoms with Crippen LogP contribution in [0.1, 0.15) is 31.9 Å². The van der Waals surface area contributed by atoms with Crippen LogP contribution in [0.4, 0.5) is 0 Å². The Labute approximate surface area is 184 Å². The van der Waals surface area contributed by atoms with Gasteiger partial charge in [0.05, 0.1) is 17.2 Å². The maximum atomic E-state index is 13.4. The molecule has 1 aliphatic rings. The van der Waals surface area contributed by atoms with Gasteiger partial charge < -0.3 is 29.6 Å². The van der Waals surface area contributed by atoms with Crippen LogP contribution in [0.2, 0.25) is 0 Å². The molecule has 0 aliphatic carbocycles. The summed E-state index contributed by atoms with van der Waals surface area (Å²) in [7, 11) is 0. The first-order chi connectivity index (χ1) is 15.0. The standard InChI is InChI=1S/C25H24O7/c1-12(2)18(27)10-16-23-15(7-8-25(3,4)32-23)21(29)20-22(30)17(11-31-24(16)20)14-6-5-13(26)9-19(14)28/h5-9,11,18,26-29H,1,10H2,2-4H3. The lowest BCUT2D eigenvalue weighted by Crippen LogP contribution is -2.29. The zero-order chi connectivity index (χ0) is 23.4. The molecule has 0 radical (unpaired) electrons. The smallest absolute Gasteiger partial charge is 0.204 e. The molecule has 1 aliphatic heterocycles. The van der Waals surface area contributed by atoms with Crippen molar-refractivity contribution < 1.29 is 29.6 Å². The lowest BCUT2D eigenvalue weighted by atomic mass is 9.92. The predicted octanol–water partition coefficient (Wildman–Crippen LogP) is 4.24. The van der Waals surface area contributed by atoms with Crippen molar-refractivity contribution in [3.8, 4) is 34.1 Å². The van der Waals surface area contributed by atoms with Crippen LogP contribution in [-0.4, -0.2) is 32.1 Å². The molecule has 1 atom stereocenters. The Morgan fingerprint density at radius 1 is 1.19 bits per heavy atom. The zero-order valence-electron chi connectivity index (χ0n) is 18.0. The maximum absolute atomic E-state index is 13.4. The average Bonchev–Trinajstić information content (AvgIpc) is 2.70. The van der Waals surface area contributed by atoms with Crippen LogP contribution in [0, 0.1) is 0 Å². The summed E-state index contributed by atoms with van der Waals surface area (Å²) >= 11 is 0. The van der Waals surface area contributed by atoms with Crippen molar-refractivity contribution in [3.05, 3.63) is 64.0 Å². The molecular formula is C25H24O7. The topological polar surface area (TPSA) is 120 Å². The number of ether oxygens (including phenoxy) is 1. The highest BCUT2D eigenvalue weighted by atomic mass is 16.5. The summed E-state index contributed by atoms with van der Waals surface area (Å²) in [5.41, 5.74) is 0.257. The van der Waals surface area contributed by atoms with Crippen LogP contribution in [0.25, 0.3) is 28.2 Å². The molecule has 1 unspecified atom stereocenters. The molecule has 166 valence electrons. The van der Waals surface area contributed by atoms with E-state index in [2.05, 4.69) is 6.58 Å². The van der Waals surface area contributed by atoms with Gasteiger partial charge in [-0.25, -0.2) is 0 Å². The molecule has 2 heterocycles. The first-order valence-corrected chi connectivity index (χ1v) is 10.1. The molecule has 3 aromatic rings. The number of phenolic OH excluding ortho intramolecular Hbond substituents is 3. The van der Waals surface area contributed by atoms with Gasteiger partial charge in [-0.05, 0) is 45.1 Å². The van der Waals surface area contributed by atoms with Crippen molar-refractivity contribution in [1.82, 2.24) is 0 Å². The van der Waals surface area contributed by atoms with Crippen LogP contribution in [0.15, 0.2) is 51.9 Å². The van der Waals surface area contributed by atoms with Gasteiger partial charge in [0.2, 0.25) is 5.43 Å². The predicted molar refractivity (Wildman–Crippen MR) is 121 cm³/mol. The average molecular weight is 436 g/mol. The van der Waals surface area contributed by atoms with Crippen molar-refractivity contribution >= 4 is 17.0 Å². The van der Waals surface area contributed by atoms with Gasteiger partial charge in [0.15, 0.2) is 0 Å². The second-order valence-electron chi connectivity index (χ2n) is 8.56. The third kappa shape index (κ3) is 3.50. The van der Waals surface area contributed by atoms with Crippen molar-refractivity contribution in [2.24, 2.45) is 0 Å². The number of hydrogen-bond donors (Lipinski definition) is 4. The Bertz CT molecular complexity index is 1340. The van der Waals surface area contributed by atoms with Crippen molar-refractivity contribution in [1.29, 1.82) is 0 Å². The van der Waals surface area contributed by atoms with E-state index < -0.39 is 17.1 Å². The highest BCUT2D eigenvalue weighted by molar-refractivity contribution is 5.96. The number of aliphatic hydroxyl groups excluding tert-OH is 1. The minimum absolute atomic E-state index is 0.0117. The fraction of sp³-hybridized carbons (Fsp3) is 0.240. The number of rotatable bonds is 4. The Kier molecular flexibility index (Phi) is 5.02. The number of benzene rings is 2. The molecule has 0 saturated heterocycles. The van der Waals surface area contributed by atoms with Crippen molar-refractivity contribution in [2.45, 2.75) is 38.9 Å². The van der Waals surface area contributed by atoms with Gasteiger partial charge in [0, 0.05) is 23.6 Å². The van der Waals surface area contributed by atoms with E-state index in [1.807, 2.05) is 13.8 Å². The van der Waals surface area contributed by atoms with Gasteiger partial charge >= 0.3 is 0 Å². The summed E-state index contributed by atoms with van der Waals surface area (Å²) < 4.78 is 11.9. The van der Waals surface area contributed by atoms with Crippen LogP contribution >= 0.6 is 0 Å². The van der Waals surface area contributed by atoms with E-state index >= 15 is 0 Å². The van der Waals surface area contributed by atoms with E-state index in [4.69, 9.17) is 9.15 Å². The highest BCUT2D eigenvalue weighted by Crippen LogP contribution is 2.45.